The van der Waals surface area contributed by atoms with Crippen LogP contribution in [0.15, 0.2) is 20.0 Å². The predicted octanol–water partition coefficient (Wildman–Crippen LogP) is 1.72. The molecule has 0 aromatic carbocycles. The molecule has 0 bridgehead atoms. The molecule has 1 atom stereocenters. The molecule has 0 aromatic heterocycles. The van der Waals surface area contributed by atoms with E-state index >= 15 is 0 Å². The van der Waals surface area contributed by atoms with E-state index in [2.05, 4.69) is 40.7 Å². The monoisotopic (exact) mass is 308 g/mol. The third kappa shape index (κ3) is 17.5. The maximum Gasteiger partial charge on any atom is 0.236 e. The highest BCUT2D eigenvalue weighted by Gasteiger charge is 2.20. The van der Waals surface area contributed by atoms with Gasteiger partial charge < -0.3 is 0 Å². The Kier molecular flexibility index (Phi) is 14.8. The van der Waals surface area contributed by atoms with Crippen molar-refractivity contribution in [3.63, 3.8) is 0 Å². The fourth-order valence-corrected chi connectivity index (χ4v) is 1.78. The smallest absolute Gasteiger partial charge is 0.211 e. The Morgan fingerprint density at radius 3 is 1.82 bits per heavy atom. The maximum atomic E-state index is 10.00. The fourth-order valence-electron chi connectivity index (χ4n) is 1.78. The number of hydrogen-bond donors (Lipinski definition) is 0. The van der Waals surface area contributed by atoms with Crippen LogP contribution in [0, 0.1) is 11.3 Å². The lowest BCUT2D eigenvalue weighted by atomic mass is 9.82. The van der Waals surface area contributed by atoms with Gasteiger partial charge in [0.15, 0.2) is 6.67 Å². The molecule has 0 aliphatic heterocycles. The van der Waals surface area contributed by atoms with Gasteiger partial charge in [-0.1, -0.05) is 20.8 Å². The van der Waals surface area contributed by atoms with Gasteiger partial charge in [-0.2, -0.15) is 9.98 Å². The Morgan fingerprint density at radius 1 is 0.864 bits per heavy atom. The van der Waals surface area contributed by atoms with E-state index in [0.717, 1.165) is 12.8 Å². The molecule has 0 N–H and O–H groups in total. The molecule has 8 nitrogen and oxygen atoms in total. The molecule has 1 unspecified atom stereocenters. The zero-order valence-electron chi connectivity index (χ0n) is 13.0. The summed E-state index contributed by atoms with van der Waals surface area (Å²) in [5.41, 5.74) is 0.00171. The number of aliphatic imine (C=N–C) groups is 4. The van der Waals surface area contributed by atoms with Gasteiger partial charge in [-0.25, -0.2) is 29.2 Å². The Labute approximate surface area is 129 Å². The zero-order valence-corrected chi connectivity index (χ0v) is 13.0. The minimum atomic E-state index is -0.160. The van der Waals surface area contributed by atoms with Gasteiger partial charge in [0, 0.05) is 0 Å². The molecule has 0 rings (SSSR count). The van der Waals surface area contributed by atoms with E-state index in [1.54, 1.807) is 6.08 Å². The first-order chi connectivity index (χ1) is 10.4. The van der Waals surface area contributed by atoms with Crippen LogP contribution < -0.4 is 0 Å². The summed E-state index contributed by atoms with van der Waals surface area (Å²) in [5.74, 6) is 0.457. The summed E-state index contributed by atoms with van der Waals surface area (Å²) in [5, 5.41) is 0. The van der Waals surface area contributed by atoms with Crippen molar-refractivity contribution in [2.45, 2.75) is 33.6 Å². The van der Waals surface area contributed by atoms with E-state index in [9.17, 15) is 19.2 Å². The van der Waals surface area contributed by atoms with E-state index < -0.39 is 0 Å². The average Bonchev–Trinajstić information content (AvgIpc) is 2.46. The van der Waals surface area contributed by atoms with E-state index in [1.807, 2.05) is 0 Å². The molecule has 0 aliphatic carbocycles. The molecular weight excluding hydrogens is 288 g/mol. The number of rotatable bonds is 9. The van der Waals surface area contributed by atoms with Crippen LogP contribution in [0.25, 0.3) is 0 Å². The zero-order chi connectivity index (χ0) is 17.3. The van der Waals surface area contributed by atoms with E-state index in [4.69, 9.17) is 0 Å². The first-order valence-electron chi connectivity index (χ1n) is 6.58. The molecule has 22 heavy (non-hydrogen) atoms. The molecule has 8 heteroatoms. The summed E-state index contributed by atoms with van der Waals surface area (Å²) in [4.78, 5) is 51.2. The van der Waals surface area contributed by atoms with Crippen LogP contribution in [0.3, 0.4) is 0 Å². The highest BCUT2D eigenvalue weighted by atomic mass is 16.1. The van der Waals surface area contributed by atoms with E-state index in [0.29, 0.717) is 19.0 Å². The van der Waals surface area contributed by atoms with E-state index in [-0.39, 0.29) is 12.1 Å². The predicted molar refractivity (Wildman–Crippen MR) is 79.3 cm³/mol. The van der Waals surface area contributed by atoms with Gasteiger partial charge in [0.2, 0.25) is 24.3 Å². The van der Waals surface area contributed by atoms with Gasteiger partial charge >= 0.3 is 0 Å². The van der Waals surface area contributed by atoms with Crippen LogP contribution in [0.5, 0.6) is 0 Å². The standard InChI is InChI=1S/C11H18N2O2.C3H2N2O2/c1-10(4-5-12-8-14)6-11(2,3)7-13-9-15;6-2-4-1-5-3-7/h10H,4-7H2,1-3H3;1H2. The second-order valence-corrected chi connectivity index (χ2v) is 5.28. The van der Waals surface area contributed by atoms with Crippen molar-refractivity contribution in [2.75, 3.05) is 19.8 Å². The van der Waals surface area contributed by atoms with Gasteiger partial charge in [0.25, 0.3) is 0 Å². The lowest BCUT2D eigenvalue weighted by Gasteiger charge is -2.25. The first kappa shape index (κ1) is 21.8. The molecule has 0 saturated heterocycles. The SMILES string of the molecule is CC(CCN=C=O)CC(C)(C)CN=C=O.O=C=NCN=C=O. The molecule has 0 spiro atoms. The minimum absolute atomic E-state index is 0.00171. The van der Waals surface area contributed by atoms with Gasteiger partial charge in [0.05, 0.1) is 13.1 Å². The van der Waals surface area contributed by atoms with Gasteiger partial charge in [0.1, 0.15) is 0 Å². The Balaban J connectivity index is 0. The molecule has 0 fully saturated rings. The quantitative estimate of drug-likeness (QED) is 0.476. The third-order valence-electron chi connectivity index (χ3n) is 2.54. The highest BCUT2D eigenvalue weighted by Crippen LogP contribution is 2.27. The molecular formula is C14H20N4O4. The lowest BCUT2D eigenvalue weighted by Crippen LogP contribution is -2.19. The number of carbonyl (C=O) groups excluding carboxylic acids is 4. The van der Waals surface area contributed by atoms with Crippen LogP contribution >= 0.6 is 0 Å². The van der Waals surface area contributed by atoms with Gasteiger partial charge in [-0.05, 0) is 24.2 Å². The van der Waals surface area contributed by atoms with Crippen LogP contribution in [0.2, 0.25) is 0 Å². The van der Waals surface area contributed by atoms with Crippen LogP contribution in [0.1, 0.15) is 33.6 Å². The van der Waals surface area contributed by atoms with Gasteiger partial charge in [-0.15, -0.1) is 0 Å². The van der Waals surface area contributed by atoms with Crippen molar-refractivity contribution in [2.24, 2.45) is 31.3 Å². The topological polar surface area (TPSA) is 118 Å². The van der Waals surface area contributed by atoms with E-state index in [1.165, 1.54) is 18.2 Å². The average molecular weight is 308 g/mol. The molecule has 0 saturated carbocycles. The molecule has 120 valence electrons. The summed E-state index contributed by atoms with van der Waals surface area (Å²) >= 11 is 0. The first-order valence-corrected chi connectivity index (χ1v) is 6.58. The van der Waals surface area contributed by atoms with Crippen LogP contribution in [-0.2, 0) is 19.2 Å². The molecule has 0 amide bonds. The lowest BCUT2D eigenvalue weighted by molar-refractivity contribution is 0.280. The molecule has 0 aromatic rings. The Bertz CT molecular complexity index is 477. The Hall–Kier alpha value is -2.48. The highest BCUT2D eigenvalue weighted by molar-refractivity contribution is 5.35. The third-order valence-corrected chi connectivity index (χ3v) is 2.54. The molecule has 0 aliphatic rings. The number of hydrogen-bond acceptors (Lipinski definition) is 8. The van der Waals surface area contributed by atoms with Crippen molar-refractivity contribution in [1.82, 2.24) is 0 Å². The molecule has 0 radical (unpaired) electrons. The summed E-state index contributed by atoms with van der Waals surface area (Å²) in [7, 11) is 0. The largest absolute Gasteiger partial charge is 0.236 e. The number of nitrogens with zero attached hydrogens (tertiary/aromatic N) is 4. The summed E-state index contributed by atoms with van der Waals surface area (Å²) in [6.45, 7) is 7.09. The van der Waals surface area contributed by atoms with Crippen molar-refractivity contribution in [1.29, 1.82) is 0 Å². The van der Waals surface area contributed by atoms with Crippen LogP contribution in [-0.4, -0.2) is 44.1 Å². The van der Waals surface area contributed by atoms with Gasteiger partial charge in [-0.3, -0.25) is 0 Å². The summed E-state index contributed by atoms with van der Waals surface area (Å²) < 4.78 is 0. The maximum absolute atomic E-state index is 10.00. The summed E-state index contributed by atoms with van der Waals surface area (Å²) in [6, 6.07) is 0. The normalized spacial score (nSPS) is 10.3. The summed E-state index contributed by atoms with van der Waals surface area (Å²) in [6.07, 6.45) is 7.31. The second-order valence-electron chi connectivity index (χ2n) is 5.28. The van der Waals surface area contributed by atoms with Crippen molar-refractivity contribution in [3.8, 4) is 0 Å². The van der Waals surface area contributed by atoms with Crippen molar-refractivity contribution in [3.05, 3.63) is 0 Å². The number of isocyanates is 4. The van der Waals surface area contributed by atoms with Crippen molar-refractivity contribution >= 4 is 24.3 Å². The van der Waals surface area contributed by atoms with Crippen molar-refractivity contribution < 1.29 is 19.2 Å². The second kappa shape index (κ2) is 14.9. The Morgan fingerprint density at radius 2 is 1.36 bits per heavy atom. The fraction of sp³-hybridized carbons (Fsp3) is 0.714. The molecule has 0 heterocycles. The minimum Gasteiger partial charge on any atom is -0.211 e. The van der Waals surface area contributed by atoms with Crippen LogP contribution in [0.4, 0.5) is 0 Å².